The summed E-state index contributed by atoms with van der Waals surface area (Å²) in [6.07, 6.45) is 0. The number of halogens is 2. The van der Waals surface area contributed by atoms with Crippen LogP contribution in [0, 0.1) is 29.8 Å². The average molecular weight is 310 g/mol. The Kier molecular flexibility index (Phi) is 4.43. The van der Waals surface area contributed by atoms with E-state index in [0.29, 0.717) is 16.9 Å². The molecule has 0 spiro atoms. The van der Waals surface area contributed by atoms with Crippen molar-refractivity contribution in [2.45, 2.75) is 19.7 Å². The fourth-order valence-electron chi connectivity index (χ4n) is 2.01. The molecule has 0 fully saturated rings. The van der Waals surface area contributed by atoms with Crippen LogP contribution < -0.4 is 4.74 Å². The first-order valence-corrected chi connectivity index (χ1v) is 6.73. The summed E-state index contributed by atoms with van der Waals surface area (Å²) in [7, 11) is 0. The van der Waals surface area contributed by atoms with Crippen molar-refractivity contribution < 1.29 is 14.1 Å². The Balaban J connectivity index is 2.41. The molecule has 0 unspecified atom stereocenters. The van der Waals surface area contributed by atoms with E-state index in [2.05, 4.69) is 0 Å². The quantitative estimate of drug-likeness (QED) is 0.459. The van der Waals surface area contributed by atoms with E-state index in [1.807, 2.05) is 0 Å². The van der Waals surface area contributed by atoms with Crippen molar-refractivity contribution in [2.24, 2.45) is 0 Å². The lowest BCUT2D eigenvalue weighted by atomic mass is 10.1. The molecular weight excluding hydrogens is 297 g/mol. The minimum atomic E-state index is -0.475. The van der Waals surface area contributed by atoms with Crippen molar-refractivity contribution in [3.63, 3.8) is 0 Å². The Bertz CT molecular complexity index is 704. The van der Waals surface area contributed by atoms with E-state index in [0.717, 1.165) is 5.56 Å². The lowest BCUT2D eigenvalue weighted by Crippen LogP contribution is -1.96. The highest BCUT2D eigenvalue weighted by Crippen LogP contribution is 2.32. The first-order valence-electron chi connectivity index (χ1n) is 6.19. The number of hydrogen-bond donors (Lipinski definition) is 0. The van der Waals surface area contributed by atoms with Gasteiger partial charge in [-0.3, -0.25) is 10.1 Å². The maximum Gasteiger partial charge on any atom is 0.276 e. The van der Waals surface area contributed by atoms with E-state index in [1.54, 1.807) is 26.0 Å². The van der Waals surface area contributed by atoms with Crippen LogP contribution in [0.25, 0.3) is 0 Å². The zero-order valence-corrected chi connectivity index (χ0v) is 12.3. The van der Waals surface area contributed by atoms with Crippen molar-refractivity contribution in [3.8, 4) is 11.5 Å². The van der Waals surface area contributed by atoms with Crippen molar-refractivity contribution in [2.75, 3.05) is 0 Å². The van der Waals surface area contributed by atoms with Gasteiger partial charge in [-0.25, -0.2) is 4.39 Å². The van der Waals surface area contributed by atoms with E-state index in [-0.39, 0.29) is 17.3 Å². The molecule has 2 rings (SSSR count). The van der Waals surface area contributed by atoms with Crippen LogP contribution in [0.15, 0.2) is 30.3 Å². The first kappa shape index (κ1) is 15.3. The van der Waals surface area contributed by atoms with Crippen LogP contribution in [-0.2, 0) is 5.88 Å². The van der Waals surface area contributed by atoms with Crippen LogP contribution in [0.2, 0.25) is 0 Å². The number of nitro groups is 1. The van der Waals surface area contributed by atoms with Gasteiger partial charge in [-0.1, -0.05) is 0 Å². The summed E-state index contributed by atoms with van der Waals surface area (Å²) >= 11 is 5.68. The lowest BCUT2D eigenvalue weighted by Gasteiger charge is -2.11. The third-order valence-electron chi connectivity index (χ3n) is 3.00. The zero-order chi connectivity index (χ0) is 15.6. The summed E-state index contributed by atoms with van der Waals surface area (Å²) < 4.78 is 19.0. The second kappa shape index (κ2) is 6.10. The molecule has 0 aliphatic carbocycles. The van der Waals surface area contributed by atoms with Crippen molar-refractivity contribution in [1.29, 1.82) is 0 Å². The molecular formula is C15H13ClFNO3. The van der Waals surface area contributed by atoms with Gasteiger partial charge in [-0.15, -0.1) is 11.6 Å². The third kappa shape index (κ3) is 3.49. The van der Waals surface area contributed by atoms with E-state index in [1.165, 1.54) is 18.2 Å². The maximum absolute atomic E-state index is 13.4. The van der Waals surface area contributed by atoms with Crippen LogP contribution in [0.4, 0.5) is 10.1 Å². The summed E-state index contributed by atoms with van der Waals surface area (Å²) in [5, 5.41) is 11.0. The molecule has 110 valence electrons. The van der Waals surface area contributed by atoms with Gasteiger partial charge in [-0.05, 0) is 43.2 Å². The Hall–Kier alpha value is -2.14. The molecule has 0 amide bonds. The predicted molar refractivity (Wildman–Crippen MR) is 78.6 cm³/mol. The van der Waals surface area contributed by atoms with Gasteiger partial charge < -0.3 is 4.74 Å². The molecule has 0 aliphatic heterocycles. The average Bonchev–Trinajstić information content (AvgIpc) is 2.40. The molecule has 0 N–H and O–H groups in total. The van der Waals surface area contributed by atoms with Gasteiger partial charge in [-0.2, -0.15) is 0 Å². The number of hydrogen-bond acceptors (Lipinski definition) is 3. The van der Waals surface area contributed by atoms with E-state index < -0.39 is 10.7 Å². The fraction of sp³-hybridized carbons (Fsp3) is 0.200. The molecule has 0 saturated heterocycles. The summed E-state index contributed by atoms with van der Waals surface area (Å²) in [6, 6.07) is 7.12. The van der Waals surface area contributed by atoms with Crippen LogP contribution in [-0.4, -0.2) is 4.92 Å². The third-order valence-corrected chi connectivity index (χ3v) is 3.31. The Morgan fingerprint density at radius 2 is 1.90 bits per heavy atom. The SMILES string of the molecule is Cc1cc(C)c([N+](=O)[O-])cc1Oc1cc(F)cc(CCl)c1. The summed E-state index contributed by atoms with van der Waals surface area (Å²) in [4.78, 5) is 10.5. The van der Waals surface area contributed by atoms with Gasteiger partial charge in [0.05, 0.1) is 11.0 Å². The highest BCUT2D eigenvalue weighted by molar-refractivity contribution is 6.17. The van der Waals surface area contributed by atoms with Gasteiger partial charge in [0.1, 0.15) is 17.3 Å². The van der Waals surface area contributed by atoms with Crippen molar-refractivity contribution >= 4 is 17.3 Å². The van der Waals surface area contributed by atoms with E-state index in [4.69, 9.17) is 16.3 Å². The lowest BCUT2D eigenvalue weighted by molar-refractivity contribution is -0.385. The maximum atomic E-state index is 13.4. The number of rotatable bonds is 4. The molecule has 0 radical (unpaired) electrons. The van der Waals surface area contributed by atoms with Gasteiger partial charge >= 0.3 is 0 Å². The van der Waals surface area contributed by atoms with Gasteiger partial charge in [0.15, 0.2) is 0 Å². The Morgan fingerprint density at radius 3 is 2.52 bits per heavy atom. The van der Waals surface area contributed by atoms with E-state index in [9.17, 15) is 14.5 Å². The fourth-order valence-corrected chi connectivity index (χ4v) is 2.17. The van der Waals surface area contributed by atoms with Crippen LogP contribution in [0.3, 0.4) is 0 Å². The minimum absolute atomic E-state index is 0.0374. The summed E-state index contributed by atoms with van der Waals surface area (Å²) in [5.41, 5.74) is 1.82. The second-order valence-corrected chi connectivity index (χ2v) is 4.96. The zero-order valence-electron chi connectivity index (χ0n) is 11.5. The molecule has 2 aromatic carbocycles. The molecule has 0 bridgehead atoms. The number of aryl methyl sites for hydroxylation is 2. The second-order valence-electron chi connectivity index (χ2n) is 4.69. The number of alkyl halides is 1. The molecule has 2 aromatic rings. The number of ether oxygens (including phenoxy) is 1. The highest BCUT2D eigenvalue weighted by Gasteiger charge is 2.15. The van der Waals surface area contributed by atoms with Crippen molar-refractivity contribution in [3.05, 3.63) is 63.0 Å². The van der Waals surface area contributed by atoms with Gasteiger partial charge in [0.25, 0.3) is 5.69 Å². The molecule has 0 heterocycles. The molecule has 0 saturated carbocycles. The largest absolute Gasteiger partial charge is 0.457 e. The molecule has 21 heavy (non-hydrogen) atoms. The smallest absolute Gasteiger partial charge is 0.276 e. The molecule has 6 heteroatoms. The molecule has 0 atom stereocenters. The summed E-state index contributed by atoms with van der Waals surface area (Å²) in [5.74, 6) is 0.258. The standard InChI is InChI=1S/C15H13ClFNO3/c1-9-3-10(2)15(7-14(9)18(19)20)21-13-5-11(8-16)4-12(17)6-13/h3-7H,8H2,1-2H3. The topological polar surface area (TPSA) is 52.4 Å². The minimum Gasteiger partial charge on any atom is -0.457 e. The predicted octanol–water partition coefficient (Wildman–Crippen LogP) is 4.88. The number of nitrogens with zero attached hydrogens (tertiary/aromatic N) is 1. The van der Waals surface area contributed by atoms with E-state index >= 15 is 0 Å². The Labute approximate surface area is 126 Å². The van der Waals surface area contributed by atoms with Gasteiger partial charge in [0.2, 0.25) is 0 Å². The van der Waals surface area contributed by atoms with Crippen LogP contribution in [0.1, 0.15) is 16.7 Å². The molecule has 0 aromatic heterocycles. The van der Waals surface area contributed by atoms with Crippen molar-refractivity contribution in [1.82, 2.24) is 0 Å². The van der Waals surface area contributed by atoms with Crippen LogP contribution >= 0.6 is 11.6 Å². The molecule has 4 nitrogen and oxygen atoms in total. The van der Waals surface area contributed by atoms with Crippen LogP contribution in [0.5, 0.6) is 11.5 Å². The number of nitro benzene ring substituents is 1. The first-order chi connectivity index (χ1) is 9.90. The summed E-state index contributed by atoms with van der Waals surface area (Å²) in [6.45, 7) is 3.43. The molecule has 0 aliphatic rings. The number of benzene rings is 2. The highest BCUT2D eigenvalue weighted by atomic mass is 35.5. The monoisotopic (exact) mass is 309 g/mol. The Morgan fingerprint density at radius 1 is 1.19 bits per heavy atom. The normalized spacial score (nSPS) is 10.5. The van der Waals surface area contributed by atoms with Gasteiger partial charge in [0, 0.05) is 17.5 Å².